The van der Waals surface area contributed by atoms with Crippen LogP contribution in [0.2, 0.25) is 0 Å². The van der Waals surface area contributed by atoms with Crippen LogP contribution in [-0.4, -0.2) is 32.3 Å². The lowest BCUT2D eigenvalue weighted by atomic mass is 10.2. The van der Waals surface area contributed by atoms with Crippen molar-refractivity contribution in [3.8, 4) is 11.5 Å². The van der Waals surface area contributed by atoms with Gasteiger partial charge in [0.05, 0.1) is 12.7 Å². The number of esters is 1. The number of carbonyl (C=O) groups excluding carboxylic acids is 2. The van der Waals surface area contributed by atoms with E-state index in [1.807, 2.05) is 6.07 Å². The summed E-state index contributed by atoms with van der Waals surface area (Å²) < 4.78 is 15.2. The summed E-state index contributed by atoms with van der Waals surface area (Å²) in [5, 5.41) is 5.92. The molecule has 2 N–H and O–H groups in total. The Labute approximate surface area is 144 Å². The molecule has 2 aromatic rings. The van der Waals surface area contributed by atoms with Gasteiger partial charge in [-0.05, 0) is 30.3 Å². The predicted molar refractivity (Wildman–Crippen MR) is 92.1 cm³/mol. The van der Waals surface area contributed by atoms with Crippen LogP contribution in [0.4, 0.5) is 11.4 Å². The lowest BCUT2D eigenvalue weighted by molar-refractivity contribution is -0.115. The van der Waals surface area contributed by atoms with E-state index in [-0.39, 0.29) is 19.1 Å². The average Bonchev–Trinajstić information content (AvgIpc) is 3.09. The highest BCUT2D eigenvalue weighted by Crippen LogP contribution is 2.34. The van der Waals surface area contributed by atoms with Crippen molar-refractivity contribution in [2.24, 2.45) is 0 Å². The van der Waals surface area contributed by atoms with Gasteiger partial charge in [-0.15, -0.1) is 0 Å². The second kappa shape index (κ2) is 7.57. The van der Waals surface area contributed by atoms with Crippen LogP contribution in [0, 0.1) is 0 Å². The van der Waals surface area contributed by atoms with E-state index < -0.39 is 5.97 Å². The zero-order valence-corrected chi connectivity index (χ0v) is 13.7. The van der Waals surface area contributed by atoms with E-state index in [0.29, 0.717) is 29.3 Å². The summed E-state index contributed by atoms with van der Waals surface area (Å²) in [5.74, 6) is 0.764. The molecular formula is C18H18N2O5. The molecule has 0 saturated carbocycles. The third kappa shape index (κ3) is 4.20. The predicted octanol–water partition coefficient (Wildman–Crippen LogP) is 2.64. The topological polar surface area (TPSA) is 85.9 Å². The van der Waals surface area contributed by atoms with E-state index >= 15 is 0 Å². The van der Waals surface area contributed by atoms with E-state index in [4.69, 9.17) is 9.47 Å². The van der Waals surface area contributed by atoms with Crippen molar-refractivity contribution in [3.63, 3.8) is 0 Å². The number of carbonyl (C=O) groups is 2. The summed E-state index contributed by atoms with van der Waals surface area (Å²) in [7, 11) is 1.34. The number of fused-ring (bicyclic) bond motifs is 1. The number of hydrogen-bond acceptors (Lipinski definition) is 6. The van der Waals surface area contributed by atoms with Crippen molar-refractivity contribution in [1.82, 2.24) is 0 Å². The summed E-state index contributed by atoms with van der Waals surface area (Å²) in [6.45, 7) is 0.627. The van der Waals surface area contributed by atoms with Crippen molar-refractivity contribution in [2.75, 3.05) is 31.1 Å². The molecule has 0 bridgehead atoms. The molecule has 0 spiro atoms. The fraction of sp³-hybridized carbons (Fsp3) is 0.222. The molecule has 25 heavy (non-hydrogen) atoms. The van der Waals surface area contributed by atoms with E-state index in [1.165, 1.54) is 7.11 Å². The highest BCUT2D eigenvalue weighted by molar-refractivity contribution is 5.92. The monoisotopic (exact) mass is 342 g/mol. The van der Waals surface area contributed by atoms with Crippen molar-refractivity contribution in [2.45, 2.75) is 6.42 Å². The highest BCUT2D eigenvalue weighted by atomic mass is 16.7. The van der Waals surface area contributed by atoms with Gasteiger partial charge in [0.1, 0.15) is 0 Å². The zero-order valence-electron chi connectivity index (χ0n) is 13.7. The fourth-order valence-corrected chi connectivity index (χ4v) is 2.39. The second-order valence-electron chi connectivity index (χ2n) is 5.37. The number of rotatable bonds is 6. The number of amides is 1. The zero-order chi connectivity index (χ0) is 17.6. The minimum atomic E-state index is -0.399. The molecule has 0 aliphatic carbocycles. The molecule has 0 unspecified atom stereocenters. The van der Waals surface area contributed by atoms with Crippen molar-refractivity contribution in [3.05, 3.63) is 48.0 Å². The molecule has 0 fully saturated rings. The maximum atomic E-state index is 12.0. The molecule has 2 aromatic carbocycles. The van der Waals surface area contributed by atoms with Crippen LogP contribution in [0.25, 0.3) is 0 Å². The standard InChI is InChI=1S/C18H18N2O5/c1-23-18(22)12-3-2-4-13(9-12)19-8-7-17(21)20-14-5-6-15-16(10-14)25-11-24-15/h2-6,9-10,19H,7-8,11H2,1H3,(H,20,21). The van der Waals surface area contributed by atoms with E-state index in [1.54, 1.807) is 36.4 Å². The highest BCUT2D eigenvalue weighted by Gasteiger charge is 2.14. The van der Waals surface area contributed by atoms with Gasteiger partial charge in [-0.3, -0.25) is 4.79 Å². The summed E-state index contributed by atoms with van der Waals surface area (Å²) in [4.78, 5) is 23.5. The fourth-order valence-electron chi connectivity index (χ4n) is 2.39. The number of benzene rings is 2. The minimum absolute atomic E-state index is 0.129. The Kier molecular flexibility index (Phi) is 5.03. The molecule has 1 amide bonds. The van der Waals surface area contributed by atoms with Crippen LogP contribution in [0.1, 0.15) is 16.8 Å². The van der Waals surface area contributed by atoms with Crippen LogP contribution in [0.3, 0.4) is 0 Å². The Morgan fingerprint density at radius 3 is 2.76 bits per heavy atom. The maximum Gasteiger partial charge on any atom is 0.337 e. The average molecular weight is 342 g/mol. The van der Waals surface area contributed by atoms with Crippen molar-refractivity contribution in [1.29, 1.82) is 0 Å². The summed E-state index contributed by atoms with van der Waals surface area (Å²) in [5.41, 5.74) is 1.86. The molecule has 1 heterocycles. The number of methoxy groups -OCH3 is 1. The molecule has 1 aliphatic heterocycles. The number of anilines is 2. The van der Waals surface area contributed by atoms with Gasteiger partial charge in [0, 0.05) is 30.4 Å². The summed E-state index contributed by atoms with van der Waals surface area (Å²) in [6, 6.07) is 12.2. The lowest BCUT2D eigenvalue weighted by Crippen LogP contribution is -2.16. The first-order valence-electron chi connectivity index (χ1n) is 7.77. The van der Waals surface area contributed by atoms with Gasteiger partial charge in [0.2, 0.25) is 12.7 Å². The molecular weight excluding hydrogens is 324 g/mol. The molecule has 0 aromatic heterocycles. The molecule has 0 saturated heterocycles. The molecule has 1 aliphatic rings. The van der Waals surface area contributed by atoms with Crippen LogP contribution in [-0.2, 0) is 9.53 Å². The normalized spacial score (nSPS) is 11.7. The lowest BCUT2D eigenvalue weighted by Gasteiger charge is -2.09. The van der Waals surface area contributed by atoms with Gasteiger partial charge in [-0.2, -0.15) is 0 Å². The van der Waals surface area contributed by atoms with Crippen molar-refractivity contribution >= 4 is 23.3 Å². The second-order valence-corrected chi connectivity index (χ2v) is 5.37. The van der Waals surface area contributed by atoms with Crippen LogP contribution in [0.5, 0.6) is 11.5 Å². The summed E-state index contributed by atoms with van der Waals surface area (Å²) in [6.07, 6.45) is 0.275. The first kappa shape index (κ1) is 16.6. The Balaban J connectivity index is 1.49. The molecule has 0 radical (unpaired) electrons. The Morgan fingerprint density at radius 2 is 1.92 bits per heavy atom. The first-order chi connectivity index (χ1) is 12.2. The van der Waals surface area contributed by atoms with Gasteiger partial charge < -0.3 is 24.8 Å². The Bertz CT molecular complexity index is 791. The SMILES string of the molecule is COC(=O)c1cccc(NCCC(=O)Nc2ccc3c(c2)OCO3)c1. The quantitative estimate of drug-likeness (QED) is 0.785. The minimum Gasteiger partial charge on any atom is -0.465 e. The molecule has 3 rings (SSSR count). The number of nitrogens with one attached hydrogen (secondary N) is 2. The van der Waals surface area contributed by atoms with Gasteiger partial charge in [-0.25, -0.2) is 4.79 Å². The van der Waals surface area contributed by atoms with Crippen molar-refractivity contribution < 1.29 is 23.8 Å². The van der Waals surface area contributed by atoms with Gasteiger partial charge >= 0.3 is 5.97 Å². The number of ether oxygens (including phenoxy) is 3. The summed E-state index contributed by atoms with van der Waals surface area (Å²) >= 11 is 0. The maximum absolute atomic E-state index is 12.0. The largest absolute Gasteiger partial charge is 0.465 e. The number of hydrogen-bond donors (Lipinski definition) is 2. The first-order valence-corrected chi connectivity index (χ1v) is 7.77. The smallest absolute Gasteiger partial charge is 0.337 e. The molecule has 130 valence electrons. The molecule has 0 atom stereocenters. The van der Waals surface area contributed by atoms with Crippen LogP contribution >= 0.6 is 0 Å². The van der Waals surface area contributed by atoms with E-state index in [0.717, 1.165) is 5.69 Å². The van der Waals surface area contributed by atoms with Gasteiger partial charge in [0.15, 0.2) is 11.5 Å². The third-order valence-electron chi connectivity index (χ3n) is 3.62. The molecule has 7 nitrogen and oxygen atoms in total. The van der Waals surface area contributed by atoms with Gasteiger partial charge in [-0.1, -0.05) is 6.07 Å². The van der Waals surface area contributed by atoms with E-state index in [9.17, 15) is 9.59 Å². The third-order valence-corrected chi connectivity index (χ3v) is 3.62. The van der Waals surface area contributed by atoms with Crippen LogP contribution < -0.4 is 20.1 Å². The molecule has 7 heteroatoms. The Hall–Kier alpha value is -3.22. The van der Waals surface area contributed by atoms with E-state index in [2.05, 4.69) is 15.4 Å². The Morgan fingerprint density at radius 1 is 1.08 bits per heavy atom. The van der Waals surface area contributed by atoms with Crippen LogP contribution in [0.15, 0.2) is 42.5 Å². The van der Waals surface area contributed by atoms with Gasteiger partial charge in [0.25, 0.3) is 0 Å².